The average molecular weight is 496 g/mol. The molecule has 0 unspecified atom stereocenters. The van der Waals surface area contributed by atoms with Gasteiger partial charge in [-0.3, -0.25) is 14.2 Å². The molecule has 3 heterocycles. The van der Waals surface area contributed by atoms with Crippen molar-refractivity contribution in [1.82, 2.24) is 24.6 Å². The number of nitrogens with one attached hydrogen (secondary N) is 1. The van der Waals surface area contributed by atoms with Gasteiger partial charge in [0.1, 0.15) is 29.0 Å². The van der Waals surface area contributed by atoms with Crippen molar-refractivity contribution >= 4 is 16.9 Å². The fourth-order valence-electron chi connectivity index (χ4n) is 4.66. The van der Waals surface area contributed by atoms with E-state index in [-0.39, 0.29) is 30.4 Å². The molecule has 1 amide bonds. The Morgan fingerprint density at radius 2 is 1.65 bits per heavy atom. The van der Waals surface area contributed by atoms with Crippen LogP contribution in [0.4, 0.5) is 4.39 Å². The van der Waals surface area contributed by atoms with Crippen LogP contribution in [0.15, 0.2) is 90.1 Å². The Labute approximate surface area is 211 Å². The van der Waals surface area contributed by atoms with Crippen LogP contribution in [0.3, 0.4) is 0 Å². The molecule has 8 nitrogen and oxygen atoms in total. The maximum absolute atomic E-state index is 14.0. The maximum atomic E-state index is 14.0. The van der Waals surface area contributed by atoms with Crippen molar-refractivity contribution in [3.05, 3.63) is 118 Å². The first kappa shape index (κ1) is 22.7. The minimum Gasteiger partial charge on any atom is -0.457 e. The van der Waals surface area contributed by atoms with Crippen LogP contribution in [0.25, 0.3) is 11.0 Å². The van der Waals surface area contributed by atoms with Gasteiger partial charge in [-0.25, -0.2) is 14.1 Å². The van der Waals surface area contributed by atoms with E-state index >= 15 is 0 Å². The standard InChI is InChI=1S/C28H22FN5O3/c29-22-10-4-1-7-18(22)16-33-17-31-26-21(28(33)36)15-32-34(26)14-13-30-27(35)25-19-8-2-5-11-23(19)37-24-12-6-3-9-20(24)25/h1-12,15,17,25H,13-14,16H2,(H,30,35). The van der Waals surface area contributed by atoms with Crippen molar-refractivity contribution in [2.45, 2.75) is 19.0 Å². The van der Waals surface area contributed by atoms with Gasteiger partial charge in [-0.05, 0) is 18.2 Å². The molecule has 1 N–H and O–H groups in total. The predicted molar refractivity (Wildman–Crippen MR) is 135 cm³/mol. The minimum atomic E-state index is -0.501. The van der Waals surface area contributed by atoms with E-state index in [0.29, 0.717) is 34.6 Å². The van der Waals surface area contributed by atoms with E-state index in [1.165, 1.54) is 23.2 Å². The topological polar surface area (TPSA) is 91.0 Å². The predicted octanol–water partition coefficient (Wildman–Crippen LogP) is 3.83. The van der Waals surface area contributed by atoms with E-state index in [0.717, 1.165) is 11.1 Å². The molecule has 0 saturated heterocycles. The third kappa shape index (κ3) is 4.14. The zero-order valence-corrected chi connectivity index (χ0v) is 19.7. The van der Waals surface area contributed by atoms with Crippen LogP contribution >= 0.6 is 0 Å². The SMILES string of the molecule is O=C(NCCn1ncc2c(=O)n(Cc3ccccc3F)cnc21)C1c2ccccc2Oc2ccccc21. The largest absolute Gasteiger partial charge is 0.457 e. The number of ether oxygens (including phenoxy) is 1. The Balaban J connectivity index is 1.19. The lowest BCUT2D eigenvalue weighted by molar-refractivity contribution is -0.121. The van der Waals surface area contributed by atoms with E-state index in [9.17, 15) is 14.0 Å². The number of fused-ring (bicyclic) bond motifs is 3. The molecule has 0 saturated carbocycles. The third-order valence-corrected chi connectivity index (χ3v) is 6.49. The molecular weight excluding hydrogens is 473 g/mol. The van der Waals surface area contributed by atoms with Crippen molar-refractivity contribution in [3.8, 4) is 11.5 Å². The molecule has 2 aromatic heterocycles. The molecule has 0 bridgehead atoms. The molecule has 0 radical (unpaired) electrons. The monoisotopic (exact) mass is 495 g/mol. The fourth-order valence-corrected chi connectivity index (χ4v) is 4.66. The Morgan fingerprint density at radius 3 is 2.38 bits per heavy atom. The summed E-state index contributed by atoms with van der Waals surface area (Å²) in [5.74, 6) is 0.292. The molecule has 5 aromatic rings. The molecule has 1 aliphatic heterocycles. The second-order valence-corrected chi connectivity index (χ2v) is 8.78. The van der Waals surface area contributed by atoms with Gasteiger partial charge in [-0.1, -0.05) is 54.6 Å². The zero-order chi connectivity index (χ0) is 25.4. The molecular formula is C28H22FN5O3. The molecule has 3 aromatic carbocycles. The van der Waals surface area contributed by atoms with Gasteiger partial charge in [0.2, 0.25) is 5.91 Å². The summed E-state index contributed by atoms with van der Waals surface area (Å²) in [5, 5.41) is 7.62. The zero-order valence-electron chi connectivity index (χ0n) is 19.7. The van der Waals surface area contributed by atoms with Crippen LogP contribution in [0.2, 0.25) is 0 Å². The summed E-state index contributed by atoms with van der Waals surface area (Å²) < 4.78 is 22.9. The number of halogens is 1. The maximum Gasteiger partial charge on any atom is 0.264 e. The number of hydrogen-bond donors (Lipinski definition) is 1. The van der Waals surface area contributed by atoms with Gasteiger partial charge in [-0.2, -0.15) is 5.10 Å². The molecule has 1 aliphatic rings. The summed E-state index contributed by atoms with van der Waals surface area (Å²) in [4.78, 5) is 30.7. The first-order valence-electron chi connectivity index (χ1n) is 11.9. The summed E-state index contributed by atoms with van der Waals surface area (Å²) in [6.45, 7) is 0.687. The van der Waals surface area contributed by atoms with Gasteiger partial charge in [0.05, 0.1) is 25.2 Å². The first-order chi connectivity index (χ1) is 18.1. The number of aromatic nitrogens is 4. The summed E-state index contributed by atoms with van der Waals surface area (Å²) in [6.07, 6.45) is 2.85. The first-order valence-corrected chi connectivity index (χ1v) is 11.9. The summed E-state index contributed by atoms with van der Waals surface area (Å²) in [5.41, 5.74) is 2.11. The highest BCUT2D eigenvalue weighted by molar-refractivity contribution is 5.89. The van der Waals surface area contributed by atoms with Gasteiger partial charge in [-0.15, -0.1) is 0 Å². The number of rotatable bonds is 6. The number of nitrogens with zero attached hydrogens (tertiary/aromatic N) is 4. The minimum absolute atomic E-state index is 0.0731. The van der Waals surface area contributed by atoms with Gasteiger partial charge in [0.25, 0.3) is 5.56 Å². The molecule has 184 valence electrons. The number of carbonyl (C=O) groups is 1. The normalized spacial score (nSPS) is 12.6. The third-order valence-electron chi connectivity index (χ3n) is 6.49. The molecule has 0 aliphatic carbocycles. The van der Waals surface area contributed by atoms with Crippen LogP contribution in [-0.4, -0.2) is 31.8 Å². The quantitative estimate of drug-likeness (QED) is 0.387. The fraction of sp³-hybridized carbons (Fsp3) is 0.143. The number of amides is 1. The van der Waals surface area contributed by atoms with Crippen LogP contribution in [0.1, 0.15) is 22.6 Å². The van der Waals surface area contributed by atoms with Crippen LogP contribution in [-0.2, 0) is 17.9 Å². The molecule has 0 atom stereocenters. The van der Waals surface area contributed by atoms with Crippen LogP contribution in [0, 0.1) is 5.82 Å². The van der Waals surface area contributed by atoms with Crippen molar-refractivity contribution < 1.29 is 13.9 Å². The summed E-state index contributed by atoms with van der Waals surface area (Å²) >= 11 is 0. The molecule has 0 spiro atoms. The van der Waals surface area contributed by atoms with Gasteiger partial charge in [0.15, 0.2) is 5.65 Å². The lowest BCUT2D eigenvalue weighted by atomic mass is 9.87. The van der Waals surface area contributed by atoms with Gasteiger partial charge >= 0.3 is 0 Å². The number of hydrogen-bond acceptors (Lipinski definition) is 5. The van der Waals surface area contributed by atoms with Crippen molar-refractivity contribution in [3.63, 3.8) is 0 Å². The molecule has 37 heavy (non-hydrogen) atoms. The Morgan fingerprint density at radius 1 is 0.973 bits per heavy atom. The average Bonchev–Trinajstić information content (AvgIpc) is 3.33. The number of para-hydroxylation sites is 2. The van der Waals surface area contributed by atoms with E-state index in [1.54, 1.807) is 22.9 Å². The molecule has 6 rings (SSSR count). The van der Waals surface area contributed by atoms with Crippen molar-refractivity contribution in [2.24, 2.45) is 0 Å². The van der Waals surface area contributed by atoms with Gasteiger partial charge in [0, 0.05) is 23.2 Å². The smallest absolute Gasteiger partial charge is 0.264 e. The Bertz CT molecular complexity index is 1650. The highest BCUT2D eigenvalue weighted by Crippen LogP contribution is 2.43. The van der Waals surface area contributed by atoms with Gasteiger partial charge < -0.3 is 10.1 Å². The molecule has 0 fully saturated rings. The van der Waals surface area contributed by atoms with E-state index in [4.69, 9.17) is 4.74 Å². The number of benzene rings is 3. The lowest BCUT2D eigenvalue weighted by Crippen LogP contribution is -2.34. The van der Waals surface area contributed by atoms with Crippen molar-refractivity contribution in [2.75, 3.05) is 6.54 Å². The van der Waals surface area contributed by atoms with Crippen molar-refractivity contribution in [1.29, 1.82) is 0 Å². The summed E-state index contributed by atoms with van der Waals surface area (Å²) in [6, 6.07) is 21.3. The highest BCUT2D eigenvalue weighted by Gasteiger charge is 2.32. The molecule has 9 heteroatoms. The summed E-state index contributed by atoms with van der Waals surface area (Å²) in [7, 11) is 0. The lowest BCUT2D eigenvalue weighted by Gasteiger charge is -2.27. The van der Waals surface area contributed by atoms with E-state index < -0.39 is 5.92 Å². The Hall–Kier alpha value is -4.79. The Kier molecular flexibility index (Phi) is 5.72. The van der Waals surface area contributed by atoms with E-state index in [1.807, 2.05) is 48.5 Å². The highest BCUT2D eigenvalue weighted by atomic mass is 19.1. The second kappa shape index (κ2) is 9.34. The second-order valence-electron chi connectivity index (χ2n) is 8.78. The van der Waals surface area contributed by atoms with Crippen LogP contribution < -0.4 is 15.6 Å². The van der Waals surface area contributed by atoms with Crippen LogP contribution in [0.5, 0.6) is 11.5 Å². The number of carbonyl (C=O) groups excluding carboxylic acids is 1. The van der Waals surface area contributed by atoms with E-state index in [2.05, 4.69) is 15.4 Å².